The predicted octanol–water partition coefficient (Wildman–Crippen LogP) is 3.25. The van der Waals surface area contributed by atoms with Crippen molar-refractivity contribution in [2.75, 3.05) is 0 Å². The van der Waals surface area contributed by atoms with Crippen LogP contribution in [0.4, 0.5) is 5.69 Å². The van der Waals surface area contributed by atoms with E-state index in [2.05, 4.69) is 17.0 Å². The van der Waals surface area contributed by atoms with E-state index in [4.69, 9.17) is 5.11 Å². The lowest BCUT2D eigenvalue weighted by Crippen LogP contribution is -2.25. The molecule has 0 atom stereocenters. The molecular weight excluding hydrogens is 292 g/mol. The fraction of sp³-hybridized carbons (Fsp3) is 0.333. The number of hydrogen-bond acceptors (Lipinski definition) is 4. The molecule has 2 aromatic carbocycles. The highest BCUT2D eigenvalue weighted by Crippen LogP contribution is 2.30. The van der Waals surface area contributed by atoms with Crippen LogP contribution < -0.4 is 0 Å². The Morgan fingerprint density at radius 3 is 1.87 bits per heavy atom. The lowest BCUT2D eigenvalue weighted by Gasteiger charge is -2.22. The van der Waals surface area contributed by atoms with Gasteiger partial charge in [0, 0.05) is 31.3 Å². The average molecular weight is 312 g/mol. The predicted molar refractivity (Wildman–Crippen MR) is 87.7 cm³/mol. The van der Waals surface area contributed by atoms with Gasteiger partial charge in [-0.05, 0) is 29.5 Å². The van der Waals surface area contributed by atoms with Crippen molar-refractivity contribution in [1.82, 2.24) is 4.90 Å². The van der Waals surface area contributed by atoms with Crippen molar-refractivity contribution in [2.24, 2.45) is 0 Å². The summed E-state index contributed by atoms with van der Waals surface area (Å²) in [6.45, 7) is 1.72. The molecule has 1 fully saturated rings. The summed E-state index contributed by atoms with van der Waals surface area (Å²) in [4.78, 5) is 12.8. The maximum atomic E-state index is 10.7. The molecule has 120 valence electrons. The second kappa shape index (κ2) is 6.89. The Hall–Kier alpha value is -2.24. The van der Waals surface area contributed by atoms with Gasteiger partial charge in [-0.3, -0.25) is 15.0 Å². The number of aliphatic hydroxyl groups excluding tert-OH is 1. The van der Waals surface area contributed by atoms with Crippen molar-refractivity contribution in [3.63, 3.8) is 0 Å². The zero-order valence-corrected chi connectivity index (χ0v) is 12.9. The standard InChI is InChI=1S/C18H20N2O3/c21-13-16-3-1-14(2-4-16)11-19(17-9-10-17)12-15-5-7-18(8-6-15)20(22)23/h1-8,17,21H,9-13H2. The molecule has 5 heteroatoms. The van der Waals surface area contributed by atoms with Crippen LogP contribution in [0.25, 0.3) is 0 Å². The second-order valence-corrected chi connectivity index (χ2v) is 6.03. The summed E-state index contributed by atoms with van der Waals surface area (Å²) < 4.78 is 0. The number of aliphatic hydroxyl groups is 1. The number of rotatable bonds is 7. The van der Waals surface area contributed by atoms with E-state index in [1.807, 2.05) is 24.3 Å². The first kappa shape index (κ1) is 15.6. The van der Waals surface area contributed by atoms with Crippen LogP contribution in [0.2, 0.25) is 0 Å². The summed E-state index contributed by atoms with van der Waals surface area (Å²) in [6, 6.07) is 15.4. The molecule has 0 radical (unpaired) electrons. The van der Waals surface area contributed by atoms with Crippen molar-refractivity contribution in [1.29, 1.82) is 0 Å². The smallest absolute Gasteiger partial charge is 0.269 e. The van der Waals surface area contributed by atoms with Crippen molar-refractivity contribution in [3.8, 4) is 0 Å². The zero-order valence-electron chi connectivity index (χ0n) is 12.9. The van der Waals surface area contributed by atoms with Crippen LogP contribution in [0.15, 0.2) is 48.5 Å². The van der Waals surface area contributed by atoms with Gasteiger partial charge in [0.2, 0.25) is 0 Å². The van der Waals surface area contributed by atoms with Crippen LogP contribution in [0.5, 0.6) is 0 Å². The maximum absolute atomic E-state index is 10.7. The molecule has 1 N–H and O–H groups in total. The van der Waals surface area contributed by atoms with Gasteiger partial charge in [-0.1, -0.05) is 36.4 Å². The Morgan fingerprint density at radius 1 is 0.957 bits per heavy atom. The van der Waals surface area contributed by atoms with E-state index in [0.717, 1.165) is 24.2 Å². The number of benzene rings is 2. The van der Waals surface area contributed by atoms with Gasteiger partial charge in [-0.15, -0.1) is 0 Å². The van der Waals surface area contributed by atoms with E-state index in [1.54, 1.807) is 12.1 Å². The summed E-state index contributed by atoms with van der Waals surface area (Å²) in [5.74, 6) is 0. The summed E-state index contributed by atoms with van der Waals surface area (Å²) in [5.41, 5.74) is 3.36. The highest BCUT2D eigenvalue weighted by Gasteiger charge is 2.29. The van der Waals surface area contributed by atoms with Crippen molar-refractivity contribution >= 4 is 5.69 Å². The van der Waals surface area contributed by atoms with E-state index in [1.165, 1.54) is 18.4 Å². The number of non-ortho nitro benzene ring substituents is 1. The first-order valence-electron chi connectivity index (χ1n) is 7.82. The third-order valence-corrected chi connectivity index (χ3v) is 4.19. The van der Waals surface area contributed by atoms with E-state index in [0.29, 0.717) is 6.04 Å². The van der Waals surface area contributed by atoms with Crippen LogP contribution in [0.1, 0.15) is 29.5 Å². The van der Waals surface area contributed by atoms with Gasteiger partial charge in [0.25, 0.3) is 5.69 Å². The Morgan fingerprint density at radius 2 is 1.43 bits per heavy atom. The SMILES string of the molecule is O=[N+]([O-])c1ccc(CN(Cc2ccc(CO)cc2)C2CC2)cc1. The molecule has 0 spiro atoms. The Kier molecular flexibility index (Phi) is 4.69. The normalized spacial score (nSPS) is 14.2. The number of nitro benzene ring substituents is 1. The zero-order chi connectivity index (χ0) is 16.2. The molecule has 5 nitrogen and oxygen atoms in total. The number of hydrogen-bond donors (Lipinski definition) is 1. The molecule has 0 heterocycles. The van der Waals surface area contributed by atoms with E-state index in [9.17, 15) is 10.1 Å². The summed E-state index contributed by atoms with van der Waals surface area (Å²) in [5, 5.41) is 19.8. The van der Waals surface area contributed by atoms with Crippen LogP contribution in [-0.4, -0.2) is 21.0 Å². The quantitative estimate of drug-likeness (QED) is 0.629. The van der Waals surface area contributed by atoms with Crippen molar-refractivity contribution in [2.45, 2.75) is 38.6 Å². The highest BCUT2D eigenvalue weighted by atomic mass is 16.6. The van der Waals surface area contributed by atoms with Gasteiger partial charge in [0.1, 0.15) is 0 Å². The summed E-state index contributed by atoms with van der Waals surface area (Å²) in [7, 11) is 0. The molecular formula is C18H20N2O3. The molecule has 0 amide bonds. The van der Waals surface area contributed by atoms with E-state index < -0.39 is 0 Å². The highest BCUT2D eigenvalue weighted by molar-refractivity contribution is 5.33. The van der Waals surface area contributed by atoms with Gasteiger partial charge in [0.05, 0.1) is 11.5 Å². The monoisotopic (exact) mass is 312 g/mol. The molecule has 0 saturated heterocycles. The minimum Gasteiger partial charge on any atom is -0.392 e. The minimum absolute atomic E-state index is 0.0649. The van der Waals surface area contributed by atoms with Crippen LogP contribution in [0.3, 0.4) is 0 Å². The largest absolute Gasteiger partial charge is 0.392 e. The molecule has 1 aliphatic carbocycles. The Bertz CT molecular complexity index is 664. The van der Waals surface area contributed by atoms with Crippen LogP contribution >= 0.6 is 0 Å². The minimum atomic E-state index is -0.370. The molecule has 2 aromatic rings. The molecule has 0 aliphatic heterocycles. The van der Waals surface area contributed by atoms with Gasteiger partial charge in [0.15, 0.2) is 0 Å². The molecule has 3 rings (SSSR count). The molecule has 23 heavy (non-hydrogen) atoms. The Labute approximate surface area is 135 Å². The van der Waals surface area contributed by atoms with Gasteiger partial charge >= 0.3 is 0 Å². The Balaban J connectivity index is 1.67. The first-order chi connectivity index (χ1) is 11.2. The average Bonchev–Trinajstić information content (AvgIpc) is 3.40. The van der Waals surface area contributed by atoms with Crippen LogP contribution in [0, 0.1) is 10.1 Å². The van der Waals surface area contributed by atoms with Crippen LogP contribution in [-0.2, 0) is 19.7 Å². The van der Waals surface area contributed by atoms with Gasteiger partial charge < -0.3 is 5.11 Å². The van der Waals surface area contributed by atoms with Crippen molar-refractivity contribution < 1.29 is 10.0 Å². The number of nitrogens with zero attached hydrogens (tertiary/aromatic N) is 2. The fourth-order valence-corrected chi connectivity index (χ4v) is 2.70. The first-order valence-corrected chi connectivity index (χ1v) is 7.82. The molecule has 1 saturated carbocycles. The third kappa shape index (κ3) is 4.15. The van der Waals surface area contributed by atoms with Gasteiger partial charge in [-0.25, -0.2) is 0 Å². The van der Waals surface area contributed by atoms with E-state index >= 15 is 0 Å². The lowest BCUT2D eigenvalue weighted by atomic mass is 10.1. The molecule has 0 aromatic heterocycles. The maximum Gasteiger partial charge on any atom is 0.269 e. The van der Waals surface area contributed by atoms with Crippen molar-refractivity contribution in [3.05, 3.63) is 75.3 Å². The number of nitro groups is 1. The van der Waals surface area contributed by atoms with Gasteiger partial charge in [-0.2, -0.15) is 0 Å². The second-order valence-electron chi connectivity index (χ2n) is 6.03. The lowest BCUT2D eigenvalue weighted by molar-refractivity contribution is -0.384. The molecule has 1 aliphatic rings. The fourth-order valence-electron chi connectivity index (χ4n) is 2.70. The molecule has 0 unspecified atom stereocenters. The topological polar surface area (TPSA) is 66.6 Å². The molecule has 0 bridgehead atoms. The third-order valence-electron chi connectivity index (χ3n) is 4.19. The summed E-state index contributed by atoms with van der Waals surface area (Å²) in [6.07, 6.45) is 2.42. The van der Waals surface area contributed by atoms with E-state index in [-0.39, 0.29) is 17.2 Å². The summed E-state index contributed by atoms with van der Waals surface area (Å²) >= 11 is 0.